The van der Waals surface area contributed by atoms with Crippen LogP contribution in [0.2, 0.25) is 18.2 Å². The van der Waals surface area contributed by atoms with Gasteiger partial charge in [-0.15, -0.1) is 0 Å². The van der Waals surface area contributed by atoms with Gasteiger partial charge in [0.1, 0.15) is 17.9 Å². The molecule has 0 amide bonds. The first kappa shape index (κ1) is 21.2. The summed E-state index contributed by atoms with van der Waals surface area (Å²) in [5.41, 5.74) is 0.880. The van der Waals surface area contributed by atoms with Crippen molar-refractivity contribution < 1.29 is 18.7 Å². The van der Waals surface area contributed by atoms with Crippen LogP contribution in [0.3, 0.4) is 0 Å². The maximum Gasteiger partial charge on any atom is 0.303 e. The zero-order valence-electron chi connectivity index (χ0n) is 17.0. The van der Waals surface area contributed by atoms with Crippen LogP contribution in [0.5, 0.6) is 0 Å². The molecule has 0 saturated carbocycles. The van der Waals surface area contributed by atoms with Crippen molar-refractivity contribution in [2.24, 2.45) is 5.41 Å². The topological polar surface area (TPSA) is 88.4 Å². The van der Waals surface area contributed by atoms with Gasteiger partial charge in [-0.25, -0.2) is 15.0 Å². The Hall–Kier alpha value is -1.55. The van der Waals surface area contributed by atoms with Crippen LogP contribution in [0.25, 0.3) is 11.2 Å². The predicted molar refractivity (Wildman–Crippen MR) is 106 cm³/mol. The molecule has 1 radical (unpaired) electrons. The highest BCUT2D eigenvalue weighted by Gasteiger charge is 2.46. The average molecular weight is 426 g/mol. The number of aromatic nitrogens is 4. The number of carbonyl (C=O) groups is 1. The van der Waals surface area contributed by atoms with E-state index >= 15 is 0 Å². The predicted octanol–water partition coefficient (Wildman–Crippen LogP) is 3.38. The molecule has 1 aliphatic heterocycles. The van der Waals surface area contributed by atoms with Gasteiger partial charge in [0, 0.05) is 13.3 Å². The van der Waals surface area contributed by atoms with Gasteiger partial charge in [-0.05, 0) is 18.5 Å². The van der Waals surface area contributed by atoms with Gasteiger partial charge in [0.2, 0.25) is 9.04 Å². The molecule has 10 heteroatoms. The quantitative estimate of drug-likeness (QED) is 0.412. The van der Waals surface area contributed by atoms with Crippen LogP contribution < -0.4 is 0 Å². The Morgan fingerprint density at radius 2 is 2.07 bits per heavy atom. The number of esters is 1. The van der Waals surface area contributed by atoms with Crippen LogP contribution in [0.1, 0.15) is 40.3 Å². The summed E-state index contributed by atoms with van der Waals surface area (Å²) < 4.78 is 20.0. The first-order chi connectivity index (χ1) is 13.1. The molecule has 0 aromatic carbocycles. The fourth-order valence-corrected chi connectivity index (χ4v) is 4.69. The zero-order valence-corrected chi connectivity index (χ0v) is 18.7. The number of halogens is 1. The van der Waals surface area contributed by atoms with Gasteiger partial charge in [-0.1, -0.05) is 32.4 Å². The second-order valence-corrected chi connectivity index (χ2v) is 10.7. The summed E-state index contributed by atoms with van der Waals surface area (Å²) in [5.74, 6) is -0.361. The maximum absolute atomic E-state index is 11.7. The van der Waals surface area contributed by atoms with Crippen LogP contribution in [-0.4, -0.2) is 52.8 Å². The Kier molecular flexibility index (Phi) is 6.09. The SMILES string of the molecule is CC(=O)O[C@H]1C[C@H](C(O[Si](C)C)C(C)(C)C)O[C@H]1n1cnc2c(Cl)ncnc21. The molecule has 0 N–H and O–H groups in total. The first-order valence-electron chi connectivity index (χ1n) is 9.20. The molecule has 153 valence electrons. The van der Waals surface area contributed by atoms with Crippen molar-refractivity contribution in [3.63, 3.8) is 0 Å². The molecule has 1 fully saturated rings. The summed E-state index contributed by atoms with van der Waals surface area (Å²) in [5, 5.41) is 0.266. The zero-order chi connectivity index (χ0) is 20.6. The third-order valence-corrected chi connectivity index (χ3v) is 5.56. The monoisotopic (exact) mass is 425 g/mol. The van der Waals surface area contributed by atoms with E-state index in [2.05, 4.69) is 48.8 Å². The van der Waals surface area contributed by atoms with Crippen LogP contribution >= 0.6 is 11.6 Å². The van der Waals surface area contributed by atoms with Crippen molar-refractivity contribution in [3.8, 4) is 0 Å². The van der Waals surface area contributed by atoms with Gasteiger partial charge in [0.25, 0.3) is 0 Å². The van der Waals surface area contributed by atoms with Crippen molar-refractivity contribution in [1.82, 2.24) is 19.5 Å². The summed E-state index contributed by atoms with van der Waals surface area (Å²) in [7, 11) is -0.948. The van der Waals surface area contributed by atoms with Crippen molar-refractivity contribution in [2.75, 3.05) is 0 Å². The van der Waals surface area contributed by atoms with Crippen LogP contribution in [0.15, 0.2) is 12.7 Å². The molecule has 1 aliphatic rings. The number of hydrogen-bond donors (Lipinski definition) is 0. The molecule has 1 unspecified atom stereocenters. The highest BCUT2D eigenvalue weighted by atomic mass is 35.5. The Bertz CT molecular complexity index is 854. The van der Waals surface area contributed by atoms with Gasteiger partial charge >= 0.3 is 5.97 Å². The third kappa shape index (κ3) is 4.37. The second kappa shape index (κ2) is 8.06. The van der Waals surface area contributed by atoms with Crippen LogP contribution in [0.4, 0.5) is 0 Å². The van der Waals surface area contributed by atoms with Gasteiger partial charge in [0.05, 0.1) is 18.5 Å². The molecule has 2 aromatic heterocycles. The maximum atomic E-state index is 11.7. The van der Waals surface area contributed by atoms with E-state index < -0.39 is 21.4 Å². The number of carbonyl (C=O) groups excluding carboxylic acids is 1. The minimum Gasteiger partial charge on any atom is -0.458 e. The van der Waals surface area contributed by atoms with E-state index in [9.17, 15) is 4.79 Å². The minimum absolute atomic E-state index is 0.132. The standard InChI is InChI=1S/C18H26ClN4O4Si/c1-10(24)25-12-7-11(14(18(2,3)4)27-28(5)6)26-17(12)23-9-22-13-15(19)20-8-21-16(13)23/h8-9,11-12,14,17H,7H2,1-6H3/t11-,12+,14?,17-/m1/s1. The van der Waals surface area contributed by atoms with Gasteiger partial charge in [-0.2, -0.15) is 0 Å². The molecule has 0 bridgehead atoms. The van der Waals surface area contributed by atoms with E-state index in [-0.39, 0.29) is 28.7 Å². The summed E-state index contributed by atoms with van der Waals surface area (Å²) in [6.45, 7) is 12.0. The molecular weight excluding hydrogens is 400 g/mol. The Morgan fingerprint density at radius 1 is 1.36 bits per heavy atom. The molecule has 3 heterocycles. The third-order valence-electron chi connectivity index (χ3n) is 4.56. The summed E-state index contributed by atoms with van der Waals surface area (Å²) >= 11 is 6.12. The molecule has 8 nitrogen and oxygen atoms in total. The fraction of sp³-hybridized carbons (Fsp3) is 0.667. The number of ether oxygens (including phenoxy) is 2. The molecule has 2 aromatic rings. The smallest absolute Gasteiger partial charge is 0.303 e. The number of nitrogens with zero attached hydrogens (tertiary/aromatic N) is 4. The van der Waals surface area contributed by atoms with Crippen LogP contribution in [0, 0.1) is 5.41 Å². The average Bonchev–Trinajstić information content (AvgIpc) is 3.15. The van der Waals surface area contributed by atoms with Crippen molar-refractivity contribution in [2.45, 2.75) is 71.7 Å². The Balaban J connectivity index is 1.96. The second-order valence-electron chi connectivity index (χ2n) is 8.25. The molecule has 0 spiro atoms. The van der Waals surface area contributed by atoms with Gasteiger partial charge < -0.3 is 13.9 Å². The normalized spacial score (nSPS) is 24.1. The molecule has 1 saturated heterocycles. The lowest BCUT2D eigenvalue weighted by molar-refractivity contribution is -0.153. The number of fused-ring (bicyclic) bond motifs is 1. The van der Waals surface area contributed by atoms with E-state index in [1.54, 1.807) is 10.9 Å². The molecule has 0 aliphatic carbocycles. The van der Waals surface area contributed by atoms with Crippen molar-refractivity contribution in [3.05, 3.63) is 17.8 Å². The van der Waals surface area contributed by atoms with E-state index in [0.717, 1.165) is 0 Å². The number of rotatable bonds is 5. The van der Waals surface area contributed by atoms with Crippen molar-refractivity contribution in [1.29, 1.82) is 0 Å². The van der Waals surface area contributed by atoms with E-state index in [1.807, 2.05) is 0 Å². The van der Waals surface area contributed by atoms with Crippen molar-refractivity contribution >= 4 is 37.8 Å². The van der Waals surface area contributed by atoms with E-state index in [4.69, 9.17) is 25.5 Å². The van der Waals surface area contributed by atoms with Gasteiger partial charge in [-0.3, -0.25) is 9.36 Å². The lowest BCUT2D eigenvalue weighted by Crippen LogP contribution is -2.42. The van der Waals surface area contributed by atoms with Gasteiger partial charge in [0.15, 0.2) is 17.0 Å². The number of imidazole rings is 1. The minimum atomic E-state index is -0.948. The van der Waals surface area contributed by atoms with E-state index in [1.165, 1.54) is 13.3 Å². The van der Waals surface area contributed by atoms with E-state index in [0.29, 0.717) is 17.6 Å². The largest absolute Gasteiger partial charge is 0.458 e. The fourth-order valence-electron chi connectivity index (χ4n) is 3.50. The summed E-state index contributed by atoms with van der Waals surface area (Å²) in [6.07, 6.45) is 2.09. The summed E-state index contributed by atoms with van der Waals surface area (Å²) in [4.78, 5) is 24.3. The highest BCUT2D eigenvalue weighted by molar-refractivity contribution is 6.48. The lowest BCUT2D eigenvalue weighted by atomic mass is 9.85. The highest BCUT2D eigenvalue weighted by Crippen LogP contribution is 2.40. The van der Waals surface area contributed by atoms with Crippen LogP contribution in [-0.2, 0) is 18.7 Å². The number of hydrogen-bond acceptors (Lipinski definition) is 7. The first-order valence-corrected chi connectivity index (χ1v) is 12.0. The summed E-state index contributed by atoms with van der Waals surface area (Å²) in [6, 6.07) is 0. The Morgan fingerprint density at radius 3 is 2.68 bits per heavy atom. The molecule has 3 rings (SSSR count). The molecular formula is C18H26ClN4O4Si. The lowest BCUT2D eigenvalue weighted by Gasteiger charge is -2.36. The molecule has 28 heavy (non-hydrogen) atoms. The Labute approximate surface area is 171 Å². The molecule has 4 atom stereocenters.